The van der Waals surface area contributed by atoms with Crippen molar-refractivity contribution >= 4 is 25.4 Å². The van der Waals surface area contributed by atoms with Gasteiger partial charge in [0.15, 0.2) is 8.32 Å². The van der Waals surface area contributed by atoms with E-state index in [9.17, 15) is 0 Å². The largest absolute Gasteiger partial charge is 0.413 e. The SMILES string of the molecule is C[SiH](C)C(C)(C)O[Si](C)(C)C(C)(C)O[Si](C)(C)C. The molecule has 5 heteroatoms. The molecular weight excluding hydrogens is 272 g/mol. The van der Waals surface area contributed by atoms with Gasteiger partial charge in [-0.3, -0.25) is 0 Å². The molecule has 0 amide bonds. The smallest absolute Gasteiger partial charge is 0.216 e. The zero-order chi connectivity index (χ0) is 15.0. The Morgan fingerprint density at radius 1 is 0.778 bits per heavy atom. The normalized spacial score (nSPS) is 15.3. The van der Waals surface area contributed by atoms with Crippen molar-refractivity contribution in [2.24, 2.45) is 0 Å². The maximum absolute atomic E-state index is 6.60. The van der Waals surface area contributed by atoms with Crippen LogP contribution >= 0.6 is 0 Å². The summed E-state index contributed by atoms with van der Waals surface area (Å²) in [6.45, 7) is 25.0. The number of rotatable bonds is 6. The average Bonchev–Trinajstić information content (AvgIpc) is 1.95. The first kappa shape index (κ1) is 18.6. The molecule has 0 aliphatic heterocycles. The minimum atomic E-state index is -1.89. The van der Waals surface area contributed by atoms with E-state index in [1.54, 1.807) is 0 Å². The van der Waals surface area contributed by atoms with Gasteiger partial charge in [-0.05, 0) is 60.4 Å². The zero-order valence-corrected chi connectivity index (χ0v) is 17.5. The van der Waals surface area contributed by atoms with E-state index in [0.29, 0.717) is 0 Å². The van der Waals surface area contributed by atoms with Crippen LogP contribution in [0, 0.1) is 0 Å². The van der Waals surface area contributed by atoms with E-state index in [2.05, 4.69) is 73.5 Å². The second-order valence-electron chi connectivity index (χ2n) is 8.10. The van der Waals surface area contributed by atoms with Gasteiger partial charge < -0.3 is 8.85 Å². The molecule has 0 saturated heterocycles. The van der Waals surface area contributed by atoms with E-state index >= 15 is 0 Å². The van der Waals surface area contributed by atoms with Gasteiger partial charge in [-0.15, -0.1) is 0 Å². The van der Waals surface area contributed by atoms with Gasteiger partial charge in [0, 0.05) is 5.22 Å². The fraction of sp³-hybridized carbons (Fsp3) is 1.00. The van der Waals surface area contributed by atoms with Gasteiger partial charge in [0.1, 0.15) is 0 Å². The van der Waals surface area contributed by atoms with Crippen molar-refractivity contribution in [2.45, 2.75) is 84.0 Å². The molecule has 0 unspecified atom stereocenters. The van der Waals surface area contributed by atoms with Crippen LogP contribution in [0.4, 0.5) is 0 Å². The first-order chi connectivity index (χ1) is 7.61. The second kappa shape index (κ2) is 5.52. The summed E-state index contributed by atoms with van der Waals surface area (Å²) in [7, 11) is -4.27. The minimum absolute atomic E-state index is 0.0514. The monoisotopic (exact) mass is 306 g/mol. The molecule has 0 N–H and O–H groups in total. The molecule has 0 aromatic rings. The van der Waals surface area contributed by atoms with Crippen LogP contribution in [-0.2, 0) is 8.85 Å². The van der Waals surface area contributed by atoms with Gasteiger partial charge in [0.25, 0.3) is 0 Å². The van der Waals surface area contributed by atoms with Crippen LogP contribution in [0.3, 0.4) is 0 Å². The summed E-state index contributed by atoms with van der Waals surface area (Å²) in [4.78, 5) is 0. The third kappa shape index (κ3) is 5.29. The van der Waals surface area contributed by atoms with Gasteiger partial charge in [0.2, 0.25) is 8.32 Å². The molecule has 0 spiro atoms. The molecule has 0 aliphatic carbocycles. The Labute approximate surface area is 118 Å². The number of hydrogen-bond acceptors (Lipinski definition) is 2. The Hall–Kier alpha value is 0.571. The molecule has 0 bridgehead atoms. The summed E-state index contributed by atoms with van der Waals surface area (Å²) in [6, 6.07) is 0. The van der Waals surface area contributed by atoms with Crippen LogP contribution in [0.2, 0.25) is 45.8 Å². The van der Waals surface area contributed by atoms with Gasteiger partial charge in [-0.2, -0.15) is 0 Å². The molecule has 18 heavy (non-hydrogen) atoms. The van der Waals surface area contributed by atoms with E-state index in [1.165, 1.54) is 0 Å². The van der Waals surface area contributed by atoms with Crippen LogP contribution in [0.5, 0.6) is 0 Å². The standard InChI is InChI=1S/C13H34O2Si3/c1-12(2,16(5)6)14-18(10,11)13(3,4)15-17(7,8)9/h16H,1-11H3. The van der Waals surface area contributed by atoms with Crippen molar-refractivity contribution in [3.63, 3.8) is 0 Å². The van der Waals surface area contributed by atoms with Gasteiger partial charge in [-0.25, -0.2) is 0 Å². The van der Waals surface area contributed by atoms with E-state index in [1.807, 2.05) is 0 Å². The molecule has 0 saturated carbocycles. The Balaban J connectivity index is 5.02. The van der Waals surface area contributed by atoms with Crippen LogP contribution in [0.25, 0.3) is 0 Å². The van der Waals surface area contributed by atoms with Gasteiger partial charge >= 0.3 is 0 Å². The molecule has 2 nitrogen and oxygen atoms in total. The van der Waals surface area contributed by atoms with Crippen molar-refractivity contribution in [2.75, 3.05) is 0 Å². The second-order valence-corrected chi connectivity index (χ2v) is 20.7. The first-order valence-corrected chi connectivity index (χ1v) is 16.2. The lowest BCUT2D eigenvalue weighted by atomic mass is 10.5. The van der Waals surface area contributed by atoms with Crippen molar-refractivity contribution in [3.8, 4) is 0 Å². The topological polar surface area (TPSA) is 18.5 Å². The molecule has 0 aliphatic rings. The lowest BCUT2D eigenvalue weighted by Crippen LogP contribution is -2.62. The van der Waals surface area contributed by atoms with Crippen LogP contribution in [0.15, 0.2) is 0 Å². The summed E-state index contributed by atoms with van der Waals surface area (Å²) in [5.41, 5.74) is 0. The van der Waals surface area contributed by atoms with E-state index in [-0.39, 0.29) is 10.4 Å². The van der Waals surface area contributed by atoms with E-state index < -0.39 is 25.4 Å². The zero-order valence-electron chi connectivity index (χ0n) is 14.4. The van der Waals surface area contributed by atoms with E-state index in [0.717, 1.165) is 0 Å². The first-order valence-electron chi connectivity index (χ1n) is 7.01. The third-order valence-corrected chi connectivity index (χ3v) is 12.4. The summed E-state index contributed by atoms with van der Waals surface area (Å²) < 4.78 is 13.0. The van der Waals surface area contributed by atoms with Crippen molar-refractivity contribution in [3.05, 3.63) is 0 Å². The Morgan fingerprint density at radius 3 is 1.44 bits per heavy atom. The fourth-order valence-corrected chi connectivity index (χ4v) is 8.61. The van der Waals surface area contributed by atoms with Crippen molar-refractivity contribution in [1.82, 2.24) is 0 Å². The molecule has 0 heterocycles. The van der Waals surface area contributed by atoms with Crippen molar-refractivity contribution < 1.29 is 8.85 Å². The van der Waals surface area contributed by atoms with Gasteiger partial charge in [0.05, 0.1) is 14.0 Å². The summed E-state index contributed by atoms with van der Waals surface area (Å²) in [5, 5.41) is -0.0756. The van der Waals surface area contributed by atoms with Gasteiger partial charge in [-0.1, -0.05) is 13.1 Å². The Kier molecular flexibility index (Phi) is 5.69. The van der Waals surface area contributed by atoms with Crippen molar-refractivity contribution in [1.29, 1.82) is 0 Å². The molecule has 0 aromatic carbocycles. The molecule has 0 atom stereocenters. The lowest BCUT2D eigenvalue weighted by Gasteiger charge is -2.47. The number of hydrogen-bond donors (Lipinski definition) is 0. The molecular formula is C13H34O2Si3. The molecule has 110 valence electrons. The lowest BCUT2D eigenvalue weighted by molar-refractivity contribution is 0.102. The van der Waals surface area contributed by atoms with Crippen LogP contribution in [0.1, 0.15) is 27.7 Å². The van der Waals surface area contributed by atoms with E-state index in [4.69, 9.17) is 8.85 Å². The fourth-order valence-electron chi connectivity index (χ4n) is 1.79. The molecule has 0 rings (SSSR count). The quantitative estimate of drug-likeness (QED) is 0.685. The third-order valence-electron chi connectivity index (χ3n) is 3.92. The molecule has 0 aromatic heterocycles. The summed E-state index contributed by atoms with van der Waals surface area (Å²) in [5.74, 6) is 0. The highest BCUT2D eigenvalue weighted by Gasteiger charge is 2.47. The average molecular weight is 307 g/mol. The highest BCUT2D eigenvalue weighted by atomic mass is 28.4. The Morgan fingerprint density at radius 2 is 1.17 bits per heavy atom. The predicted octanol–water partition coefficient (Wildman–Crippen LogP) is 4.18. The Bertz CT molecular complexity index is 278. The molecule has 0 radical (unpaired) electrons. The van der Waals surface area contributed by atoms with Crippen LogP contribution < -0.4 is 0 Å². The minimum Gasteiger partial charge on any atom is -0.413 e. The summed E-state index contributed by atoms with van der Waals surface area (Å²) >= 11 is 0. The maximum Gasteiger partial charge on any atom is 0.216 e. The predicted molar refractivity (Wildman–Crippen MR) is 90.0 cm³/mol. The summed E-state index contributed by atoms with van der Waals surface area (Å²) in [6.07, 6.45) is 0. The maximum atomic E-state index is 6.60. The highest BCUT2D eigenvalue weighted by Crippen LogP contribution is 2.33. The highest BCUT2D eigenvalue weighted by molar-refractivity contribution is 6.77. The van der Waals surface area contributed by atoms with Crippen LogP contribution in [-0.4, -0.2) is 35.9 Å². The molecule has 0 fully saturated rings.